The molecule has 3 heterocycles. The van der Waals surface area contributed by atoms with E-state index in [-0.39, 0.29) is 11.7 Å². The van der Waals surface area contributed by atoms with Gasteiger partial charge in [0.05, 0.1) is 6.20 Å². The zero-order valence-electron chi connectivity index (χ0n) is 14.5. The smallest absolute Gasteiger partial charge is 0.269 e. The predicted molar refractivity (Wildman–Crippen MR) is 93.0 cm³/mol. The summed E-state index contributed by atoms with van der Waals surface area (Å²) in [4.78, 5) is 26.9. The molecular formula is C18H22FN5O. The van der Waals surface area contributed by atoms with E-state index in [1.807, 2.05) is 0 Å². The first-order valence-corrected chi connectivity index (χ1v) is 8.48. The lowest BCUT2D eigenvalue weighted by Crippen LogP contribution is -2.37. The minimum atomic E-state index is -0.324. The minimum Gasteiger partial charge on any atom is -0.356 e. The van der Waals surface area contributed by atoms with Crippen LogP contribution in [0.25, 0.3) is 0 Å². The highest BCUT2D eigenvalue weighted by Gasteiger charge is 2.22. The lowest BCUT2D eigenvalue weighted by Gasteiger charge is -2.33. The van der Waals surface area contributed by atoms with Gasteiger partial charge in [-0.15, -0.1) is 0 Å². The molecule has 1 amide bonds. The average Bonchev–Trinajstić information content (AvgIpc) is 2.61. The van der Waals surface area contributed by atoms with Crippen molar-refractivity contribution in [2.24, 2.45) is 5.92 Å². The molecular weight excluding hydrogens is 321 g/mol. The van der Waals surface area contributed by atoms with Gasteiger partial charge in [-0.1, -0.05) is 0 Å². The monoisotopic (exact) mass is 343 g/mol. The first kappa shape index (κ1) is 17.3. The van der Waals surface area contributed by atoms with E-state index < -0.39 is 0 Å². The molecule has 1 N–H and O–H groups in total. The largest absolute Gasteiger partial charge is 0.356 e. The molecule has 7 heteroatoms. The Labute approximate surface area is 146 Å². The van der Waals surface area contributed by atoms with Crippen LogP contribution < -0.4 is 10.2 Å². The molecule has 0 radical (unpaired) electrons. The topological polar surface area (TPSA) is 71.0 Å². The van der Waals surface area contributed by atoms with Crippen molar-refractivity contribution in [1.29, 1.82) is 0 Å². The van der Waals surface area contributed by atoms with Crippen molar-refractivity contribution in [3.8, 4) is 0 Å². The second-order valence-corrected chi connectivity index (χ2v) is 6.36. The van der Waals surface area contributed by atoms with Crippen molar-refractivity contribution in [2.75, 3.05) is 25.0 Å². The molecule has 0 spiro atoms. The van der Waals surface area contributed by atoms with Gasteiger partial charge >= 0.3 is 0 Å². The number of nitrogens with one attached hydrogen (secondary N) is 1. The first-order valence-electron chi connectivity index (χ1n) is 8.48. The van der Waals surface area contributed by atoms with E-state index in [1.165, 1.54) is 12.3 Å². The second-order valence-electron chi connectivity index (χ2n) is 6.36. The Balaban J connectivity index is 1.71. The van der Waals surface area contributed by atoms with Gasteiger partial charge in [-0.25, -0.2) is 19.3 Å². The van der Waals surface area contributed by atoms with Crippen molar-refractivity contribution in [1.82, 2.24) is 20.3 Å². The highest BCUT2D eigenvalue weighted by Crippen LogP contribution is 2.24. The standard InChI is InChI=1S/C18H22FN5O/c1-12-22-15(9-16(23-12)18(25)20-2)8-13-4-3-7-24(11-13)17-6-5-14(19)10-21-17/h5-6,9-10,13H,3-4,7-8,11H2,1-2H3,(H,20,25)/t13-/m0/s1. The first-order chi connectivity index (χ1) is 12.0. The van der Waals surface area contributed by atoms with Gasteiger partial charge in [0.15, 0.2) is 0 Å². The van der Waals surface area contributed by atoms with Gasteiger partial charge in [0.1, 0.15) is 23.2 Å². The van der Waals surface area contributed by atoms with Crippen molar-refractivity contribution in [3.05, 3.63) is 47.4 Å². The van der Waals surface area contributed by atoms with E-state index in [4.69, 9.17) is 0 Å². The number of rotatable bonds is 4. The lowest BCUT2D eigenvalue weighted by molar-refractivity contribution is 0.0957. The number of pyridine rings is 1. The van der Waals surface area contributed by atoms with E-state index in [9.17, 15) is 9.18 Å². The predicted octanol–water partition coefficient (Wildman–Crippen LogP) is 2.14. The third-order valence-electron chi connectivity index (χ3n) is 4.40. The Morgan fingerprint density at radius 3 is 2.96 bits per heavy atom. The summed E-state index contributed by atoms with van der Waals surface area (Å²) < 4.78 is 13.1. The van der Waals surface area contributed by atoms with Crippen molar-refractivity contribution < 1.29 is 9.18 Å². The number of aryl methyl sites for hydroxylation is 1. The van der Waals surface area contributed by atoms with E-state index >= 15 is 0 Å². The summed E-state index contributed by atoms with van der Waals surface area (Å²) in [7, 11) is 1.59. The number of carbonyl (C=O) groups is 1. The summed E-state index contributed by atoms with van der Waals surface area (Å²) in [6, 6.07) is 4.92. The average molecular weight is 343 g/mol. The highest BCUT2D eigenvalue weighted by molar-refractivity contribution is 5.92. The Kier molecular flexibility index (Phi) is 5.21. The second kappa shape index (κ2) is 7.55. The molecule has 0 saturated carbocycles. The fourth-order valence-electron chi connectivity index (χ4n) is 3.27. The number of carbonyl (C=O) groups excluding carboxylic acids is 1. The van der Waals surface area contributed by atoms with Crippen LogP contribution in [0, 0.1) is 18.7 Å². The molecule has 1 aliphatic rings. The van der Waals surface area contributed by atoms with Gasteiger partial charge in [0.25, 0.3) is 5.91 Å². The van der Waals surface area contributed by atoms with Gasteiger partial charge in [-0.3, -0.25) is 4.79 Å². The molecule has 1 saturated heterocycles. The molecule has 0 unspecified atom stereocenters. The van der Waals surface area contributed by atoms with Crippen LogP contribution in [0.4, 0.5) is 10.2 Å². The number of hydrogen-bond acceptors (Lipinski definition) is 5. The molecule has 0 bridgehead atoms. The van der Waals surface area contributed by atoms with Crippen LogP contribution in [0.5, 0.6) is 0 Å². The van der Waals surface area contributed by atoms with E-state index in [0.717, 1.165) is 43.9 Å². The number of hydrogen-bond donors (Lipinski definition) is 1. The van der Waals surface area contributed by atoms with Crippen LogP contribution in [-0.2, 0) is 6.42 Å². The summed E-state index contributed by atoms with van der Waals surface area (Å²) in [5.41, 5.74) is 1.28. The van der Waals surface area contributed by atoms with Crippen molar-refractivity contribution in [2.45, 2.75) is 26.2 Å². The van der Waals surface area contributed by atoms with Gasteiger partial charge in [0, 0.05) is 25.8 Å². The highest BCUT2D eigenvalue weighted by atomic mass is 19.1. The van der Waals surface area contributed by atoms with Crippen LogP contribution in [0.15, 0.2) is 24.4 Å². The zero-order valence-corrected chi connectivity index (χ0v) is 14.5. The quantitative estimate of drug-likeness (QED) is 0.921. The summed E-state index contributed by atoms with van der Waals surface area (Å²) in [5.74, 6) is 1.29. The summed E-state index contributed by atoms with van der Waals surface area (Å²) >= 11 is 0. The van der Waals surface area contributed by atoms with E-state index in [2.05, 4.69) is 25.2 Å². The molecule has 6 nitrogen and oxygen atoms in total. The van der Waals surface area contributed by atoms with Gasteiger partial charge in [-0.05, 0) is 50.3 Å². The number of anilines is 1. The molecule has 2 aromatic rings. The number of nitrogens with zero attached hydrogens (tertiary/aromatic N) is 4. The Hall–Kier alpha value is -2.57. The minimum absolute atomic E-state index is 0.201. The lowest BCUT2D eigenvalue weighted by atomic mass is 9.93. The molecule has 0 aliphatic carbocycles. The molecule has 1 fully saturated rings. The van der Waals surface area contributed by atoms with Crippen molar-refractivity contribution in [3.63, 3.8) is 0 Å². The van der Waals surface area contributed by atoms with Crippen LogP contribution in [0.3, 0.4) is 0 Å². The third kappa shape index (κ3) is 4.29. The van der Waals surface area contributed by atoms with Gasteiger partial charge in [-0.2, -0.15) is 0 Å². The SMILES string of the molecule is CNC(=O)c1cc(C[C@@H]2CCCN(c3ccc(F)cn3)C2)nc(C)n1. The van der Waals surface area contributed by atoms with E-state index in [1.54, 1.807) is 26.1 Å². The summed E-state index contributed by atoms with van der Waals surface area (Å²) in [6.07, 6.45) is 4.18. The van der Waals surface area contributed by atoms with Gasteiger partial charge < -0.3 is 10.2 Å². The van der Waals surface area contributed by atoms with Crippen LogP contribution >= 0.6 is 0 Å². The van der Waals surface area contributed by atoms with Crippen LogP contribution in [0.2, 0.25) is 0 Å². The molecule has 1 atom stereocenters. The molecule has 0 aromatic carbocycles. The molecule has 25 heavy (non-hydrogen) atoms. The number of aromatic nitrogens is 3. The van der Waals surface area contributed by atoms with Gasteiger partial charge in [0.2, 0.25) is 0 Å². The zero-order chi connectivity index (χ0) is 17.8. The molecule has 132 valence electrons. The van der Waals surface area contributed by atoms with Crippen LogP contribution in [0.1, 0.15) is 34.8 Å². The maximum atomic E-state index is 13.1. The molecule has 2 aromatic heterocycles. The summed E-state index contributed by atoms with van der Waals surface area (Å²) in [5, 5.41) is 2.60. The molecule has 1 aliphatic heterocycles. The van der Waals surface area contributed by atoms with Crippen LogP contribution in [-0.4, -0.2) is 41.0 Å². The Bertz CT molecular complexity index is 750. The Morgan fingerprint density at radius 1 is 1.40 bits per heavy atom. The summed E-state index contributed by atoms with van der Waals surface area (Å²) in [6.45, 7) is 3.56. The number of piperidine rings is 1. The maximum Gasteiger partial charge on any atom is 0.269 e. The fraction of sp³-hybridized carbons (Fsp3) is 0.444. The Morgan fingerprint density at radius 2 is 2.24 bits per heavy atom. The van der Waals surface area contributed by atoms with E-state index in [0.29, 0.717) is 17.4 Å². The number of halogens is 1. The maximum absolute atomic E-state index is 13.1. The normalized spacial score (nSPS) is 17.4. The fourth-order valence-corrected chi connectivity index (χ4v) is 3.27. The number of amides is 1. The van der Waals surface area contributed by atoms with Crippen molar-refractivity contribution >= 4 is 11.7 Å². The third-order valence-corrected chi connectivity index (χ3v) is 4.40. The molecule has 3 rings (SSSR count).